The Hall–Kier alpha value is -4.89. The Labute approximate surface area is 405 Å². The van der Waals surface area contributed by atoms with Crippen molar-refractivity contribution in [3.05, 3.63) is 59.2 Å². The fraction of sp³-hybridized carbons (Fsp3) is 0.625. The zero-order valence-corrected chi connectivity index (χ0v) is 41.0. The van der Waals surface area contributed by atoms with Crippen LogP contribution in [0.2, 0.25) is 0 Å². The highest BCUT2D eigenvalue weighted by molar-refractivity contribution is 9.09. The van der Waals surface area contributed by atoms with E-state index in [9.17, 15) is 28.9 Å². The molecule has 0 unspecified atom stereocenters. The number of carbonyl (C=O) groups excluding carboxylic acids is 6. The molecule has 0 bridgehead atoms. The summed E-state index contributed by atoms with van der Waals surface area (Å²) < 4.78 is 49.5. The fourth-order valence-electron chi connectivity index (χ4n) is 6.65. The van der Waals surface area contributed by atoms with Gasteiger partial charge in [-0.05, 0) is 122 Å². The standard InChI is InChI=1S/C22H31FN2O3.C17H23FN2O.C6H11BrO2.2CO2.CH4.ClH/c1-5-6-7-14-27-19-9-8-17(23)15-18(19)22(16-24)10-12-25(13-11-22)20(26)28-21(2,3)4;1-2-3-4-11-21-16-6-5-14(18)12-15(16)17(13-19)7-9-20-10-8-17;1-2-9-6(8)4-3-5-7;2*2-1-3;;/h8-9,15H,5-7,10-14H2,1-4H3;5-6,12,20H,2-4,7-11H2,1H3;2-5H2,1H3;;;1H4;1H. The third kappa shape index (κ3) is 25.1. The molecule has 370 valence electrons. The lowest BCUT2D eigenvalue weighted by molar-refractivity contribution is -0.193. The van der Waals surface area contributed by atoms with Gasteiger partial charge in [0.2, 0.25) is 0 Å². The van der Waals surface area contributed by atoms with Gasteiger partial charge in [-0.25, -0.2) is 13.6 Å². The van der Waals surface area contributed by atoms with Crippen molar-refractivity contribution in [3.63, 3.8) is 0 Å². The Morgan fingerprint density at radius 3 is 1.55 bits per heavy atom. The Morgan fingerprint density at radius 2 is 1.18 bits per heavy atom. The number of piperidine rings is 2. The average Bonchev–Trinajstić information content (AvgIpc) is 3.27. The van der Waals surface area contributed by atoms with Gasteiger partial charge in [0.15, 0.2) is 0 Å². The molecule has 1 N–H and O–H groups in total. The molecule has 2 aliphatic heterocycles. The second-order valence-corrected chi connectivity index (χ2v) is 16.6. The number of hydrogen-bond acceptors (Lipinski definition) is 13. The van der Waals surface area contributed by atoms with Crippen LogP contribution in [0, 0.1) is 34.3 Å². The van der Waals surface area contributed by atoms with Gasteiger partial charge in [0.1, 0.15) is 28.7 Å². The van der Waals surface area contributed by atoms with E-state index in [0.717, 1.165) is 63.4 Å². The number of nitrogens with one attached hydrogen (secondary N) is 1. The van der Waals surface area contributed by atoms with Crippen LogP contribution in [0.15, 0.2) is 36.4 Å². The van der Waals surface area contributed by atoms with Crippen molar-refractivity contribution in [1.29, 1.82) is 10.5 Å². The highest BCUT2D eigenvalue weighted by atomic mass is 79.9. The Morgan fingerprint density at radius 1 is 0.758 bits per heavy atom. The number of hydrogen-bond donors (Lipinski definition) is 1. The minimum atomic E-state index is -0.874. The Bertz CT molecular complexity index is 1820. The van der Waals surface area contributed by atoms with Crippen LogP contribution in [-0.2, 0) is 44.3 Å². The summed E-state index contributed by atoms with van der Waals surface area (Å²) in [6.45, 7) is 15.5. The van der Waals surface area contributed by atoms with Crippen LogP contribution in [0.3, 0.4) is 0 Å². The summed E-state index contributed by atoms with van der Waals surface area (Å²) in [4.78, 5) is 57.0. The molecule has 1 amide bonds. The molecule has 0 saturated carbocycles. The number of halogens is 4. The monoisotopic (exact) mass is 1010 g/mol. The lowest BCUT2D eigenvalue weighted by Crippen LogP contribution is -2.46. The maximum absolute atomic E-state index is 14.0. The summed E-state index contributed by atoms with van der Waals surface area (Å²) in [6, 6.07) is 13.7. The minimum Gasteiger partial charge on any atom is -0.493 e. The van der Waals surface area contributed by atoms with Gasteiger partial charge in [-0.2, -0.15) is 29.7 Å². The van der Waals surface area contributed by atoms with Gasteiger partial charge in [0.05, 0.1) is 42.8 Å². The highest BCUT2D eigenvalue weighted by Crippen LogP contribution is 2.41. The van der Waals surface area contributed by atoms with E-state index in [1.165, 1.54) is 24.3 Å². The number of alkyl halides is 1. The summed E-state index contributed by atoms with van der Waals surface area (Å²) >= 11 is 3.22. The molecule has 0 aliphatic carbocycles. The van der Waals surface area contributed by atoms with Gasteiger partial charge in [-0.3, -0.25) is 4.79 Å². The van der Waals surface area contributed by atoms with Gasteiger partial charge < -0.3 is 29.2 Å². The van der Waals surface area contributed by atoms with Crippen LogP contribution in [0.4, 0.5) is 13.6 Å². The number of unbranched alkanes of at least 4 members (excludes halogenated alkanes) is 4. The van der Waals surface area contributed by atoms with Gasteiger partial charge in [-0.15, -0.1) is 12.4 Å². The van der Waals surface area contributed by atoms with Crippen molar-refractivity contribution in [3.8, 4) is 23.6 Å². The molecule has 2 aliphatic rings. The van der Waals surface area contributed by atoms with Crippen LogP contribution in [-0.4, -0.2) is 86.2 Å². The molecular formula is C48H70BrClF2N4O10. The second kappa shape index (κ2) is 37.2. The first kappa shape index (κ1) is 65.4. The topological polar surface area (TPSA) is 202 Å². The van der Waals surface area contributed by atoms with E-state index in [-0.39, 0.29) is 55.8 Å². The van der Waals surface area contributed by atoms with Crippen molar-refractivity contribution in [1.82, 2.24) is 10.2 Å². The molecule has 0 atom stereocenters. The van der Waals surface area contributed by atoms with Gasteiger partial charge >= 0.3 is 24.4 Å². The molecule has 2 saturated heterocycles. The fourth-order valence-corrected chi connectivity index (χ4v) is 6.93. The van der Waals surface area contributed by atoms with E-state index in [1.807, 2.05) is 27.7 Å². The zero-order valence-electron chi connectivity index (χ0n) is 38.6. The summed E-state index contributed by atoms with van der Waals surface area (Å²) in [5.41, 5.74) is -0.782. The molecule has 2 heterocycles. The lowest BCUT2D eigenvalue weighted by atomic mass is 9.73. The van der Waals surface area contributed by atoms with E-state index < -0.39 is 16.4 Å². The molecule has 18 heteroatoms. The molecule has 66 heavy (non-hydrogen) atoms. The summed E-state index contributed by atoms with van der Waals surface area (Å²) in [7, 11) is 0. The SMILES string of the molecule is C.CCCCCOc1ccc(F)cc1C1(C#N)CCN(C(=O)OC(C)(C)C)CC1.CCCCCOc1ccc(F)cc1C1(C#N)CCNCC1.CCOC(=O)CCCBr.Cl.O=C=O.O=C=O. The van der Waals surface area contributed by atoms with Gasteiger partial charge in [0, 0.05) is 36.0 Å². The maximum atomic E-state index is 14.0. The number of nitrogens with zero attached hydrogens (tertiary/aromatic N) is 3. The smallest absolute Gasteiger partial charge is 0.410 e. The minimum absolute atomic E-state index is 0. The van der Waals surface area contributed by atoms with Gasteiger partial charge in [0.25, 0.3) is 0 Å². The molecule has 2 aromatic rings. The third-order valence-corrected chi connectivity index (χ3v) is 10.5. The number of benzene rings is 2. The first-order valence-corrected chi connectivity index (χ1v) is 22.8. The molecular weight excluding hydrogens is 946 g/mol. The number of carbonyl (C=O) groups is 2. The third-order valence-electron chi connectivity index (χ3n) is 9.90. The Kier molecular flexibility index (Phi) is 36.9. The molecule has 2 aromatic carbocycles. The van der Waals surface area contributed by atoms with Crippen molar-refractivity contribution in [2.45, 2.75) is 142 Å². The number of ether oxygens (including phenoxy) is 4. The van der Waals surface area contributed by atoms with Crippen molar-refractivity contribution < 1.29 is 56.5 Å². The second-order valence-electron chi connectivity index (χ2n) is 15.8. The maximum Gasteiger partial charge on any atom is 0.410 e. The van der Waals surface area contributed by atoms with Crippen LogP contribution in [0.1, 0.15) is 137 Å². The van der Waals surface area contributed by atoms with E-state index in [1.54, 1.807) is 17.0 Å². The van der Waals surface area contributed by atoms with Crippen molar-refractivity contribution in [2.24, 2.45) is 0 Å². The van der Waals surface area contributed by atoms with E-state index in [4.69, 9.17) is 33.4 Å². The number of likely N-dealkylation sites (tertiary alicyclic amines) is 1. The average molecular weight is 1020 g/mol. The molecule has 2 fully saturated rings. The number of nitriles is 2. The number of amides is 1. The van der Waals surface area contributed by atoms with E-state index >= 15 is 0 Å². The summed E-state index contributed by atoms with van der Waals surface area (Å²) in [5.74, 6) is 0.428. The van der Waals surface area contributed by atoms with Gasteiger partial charge in [-0.1, -0.05) is 62.9 Å². The Balaban J connectivity index is -0.000000917. The largest absolute Gasteiger partial charge is 0.493 e. The lowest BCUT2D eigenvalue weighted by Gasteiger charge is -2.38. The highest BCUT2D eigenvalue weighted by Gasteiger charge is 2.41. The van der Waals surface area contributed by atoms with Crippen LogP contribution in [0.5, 0.6) is 11.5 Å². The molecule has 0 radical (unpaired) electrons. The summed E-state index contributed by atoms with van der Waals surface area (Å²) in [5, 5.41) is 23.8. The van der Waals surface area contributed by atoms with Crippen molar-refractivity contribution in [2.75, 3.05) is 51.3 Å². The van der Waals surface area contributed by atoms with Crippen molar-refractivity contribution >= 4 is 52.7 Å². The zero-order chi connectivity index (χ0) is 48.4. The van der Waals surface area contributed by atoms with E-state index in [0.29, 0.717) is 87.6 Å². The molecule has 0 spiro atoms. The number of esters is 1. The predicted molar refractivity (Wildman–Crippen MR) is 250 cm³/mol. The molecule has 4 rings (SSSR count). The van der Waals surface area contributed by atoms with E-state index in [2.05, 4.69) is 52.0 Å². The predicted octanol–water partition coefficient (Wildman–Crippen LogP) is 10.3. The summed E-state index contributed by atoms with van der Waals surface area (Å²) in [6.07, 6.45) is 10.0. The molecule has 0 aromatic heterocycles. The quantitative estimate of drug-likeness (QED) is 0.0946. The normalized spacial score (nSPS) is 13.9. The molecule has 14 nitrogen and oxygen atoms in total. The number of rotatable bonds is 16. The first-order chi connectivity index (χ1) is 30.6. The van der Waals surface area contributed by atoms with Crippen LogP contribution in [0.25, 0.3) is 0 Å². The first-order valence-electron chi connectivity index (χ1n) is 21.6. The van der Waals surface area contributed by atoms with Crippen LogP contribution >= 0.6 is 28.3 Å². The van der Waals surface area contributed by atoms with Crippen LogP contribution < -0.4 is 14.8 Å².